The molecule has 5 heteroatoms. The molecule has 0 fully saturated rings. The number of nitrogens with zero attached hydrogens (tertiary/aromatic N) is 3. The van der Waals surface area contributed by atoms with E-state index in [9.17, 15) is 0 Å². The molecular formula is C32H27Br2N3. The van der Waals surface area contributed by atoms with Gasteiger partial charge in [-0.15, -0.1) is 0 Å². The van der Waals surface area contributed by atoms with Crippen LogP contribution in [0.15, 0.2) is 93.9 Å². The Morgan fingerprint density at radius 2 is 1.27 bits per heavy atom. The summed E-state index contributed by atoms with van der Waals surface area (Å²) in [4.78, 5) is 10.4. The van der Waals surface area contributed by atoms with Crippen LogP contribution < -0.4 is 0 Å². The van der Waals surface area contributed by atoms with Crippen molar-refractivity contribution in [2.45, 2.75) is 39.2 Å². The van der Waals surface area contributed by atoms with Gasteiger partial charge >= 0.3 is 0 Å². The minimum atomic E-state index is 0.850. The van der Waals surface area contributed by atoms with E-state index in [0.29, 0.717) is 0 Å². The Morgan fingerprint density at radius 1 is 0.622 bits per heavy atom. The third-order valence-electron chi connectivity index (χ3n) is 7.05. The maximum Gasteiger partial charge on any atom is 0.105 e. The zero-order chi connectivity index (χ0) is 25.4. The fourth-order valence-electron chi connectivity index (χ4n) is 5.21. The summed E-state index contributed by atoms with van der Waals surface area (Å²) < 4.78 is 4.36. The second kappa shape index (κ2) is 10.4. The van der Waals surface area contributed by atoms with Crippen LogP contribution in [-0.4, -0.2) is 14.5 Å². The van der Waals surface area contributed by atoms with Gasteiger partial charge in [0.15, 0.2) is 0 Å². The molecule has 4 aromatic carbocycles. The van der Waals surface area contributed by atoms with Crippen LogP contribution in [-0.2, 0) is 6.54 Å². The highest BCUT2D eigenvalue weighted by atomic mass is 79.9. The normalized spacial score (nSPS) is 11.6. The first-order chi connectivity index (χ1) is 18.2. The number of benzene rings is 4. The lowest BCUT2D eigenvalue weighted by molar-refractivity contribution is 0.602. The van der Waals surface area contributed by atoms with Gasteiger partial charge in [-0.25, -0.2) is 9.97 Å². The van der Waals surface area contributed by atoms with Crippen LogP contribution in [0.25, 0.3) is 55.4 Å². The molecule has 6 aromatic rings. The second-order valence-electron chi connectivity index (χ2n) is 9.47. The molecule has 0 aliphatic carbocycles. The summed E-state index contributed by atoms with van der Waals surface area (Å²) in [6, 6.07) is 29.9. The fraction of sp³-hybridized carbons (Fsp3) is 0.188. The average Bonchev–Trinajstić information content (AvgIpc) is 3.26. The van der Waals surface area contributed by atoms with Gasteiger partial charge in [-0.05, 0) is 62.5 Å². The molecule has 184 valence electrons. The number of aromatic nitrogens is 3. The van der Waals surface area contributed by atoms with Crippen LogP contribution in [0.2, 0.25) is 0 Å². The van der Waals surface area contributed by atoms with Crippen LogP contribution in [0.4, 0.5) is 0 Å². The second-order valence-corrected chi connectivity index (χ2v) is 11.2. The molecule has 0 bridgehead atoms. The van der Waals surface area contributed by atoms with Crippen LogP contribution in [0, 0.1) is 0 Å². The summed E-state index contributed by atoms with van der Waals surface area (Å²) in [6.07, 6.45) is 4.95. The van der Waals surface area contributed by atoms with Gasteiger partial charge in [0.1, 0.15) is 11.0 Å². The highest BCUT2D eigenvalue weighted by molar-refractivity contribution is 9.11. The third-order valence-corrected chi connectivity index (χ3v) is 8.33. The van der Waals surface area contributed by atoms with Gasteiger partial charge in [0.05, 0.1) is 11.4 Å². The lowest BCUT2D eigenvalue weighted by Gasteiger charge is -2.13. The number of fused-ring (bicyclic) bond motifs is 4. The summed E-state index contributed by atoms with van der Waals surface area (Å²) in [6.45, 7) is 3.28. The SMILES string of the molecule is CCCCCCn1c2ccccc2c2ccc(-c3nc4c(Br)ccc(Br)c4nc3-c3ccccc3)cc21. The fourth-order valence-corrected chi connectivity index (χ4v) is 6.02. The van der Waals surface area contributed by atoms with Crippen LogP contribution in [0.5, 0.6) is 0 Å². The minimum absolute atomic E-state index is 0.850. The first kappa shape index (κ1) is 24.3. The van der Waals surface area contributed by atoms with Gasteiger partial charge in [0.2, 0.25) is 0 Å². The summed E-state index contributed by atoms with van der Waals surface area (Å²) in [5.74, 6) is 0. The molecule has 6 rings (SSSR count). The first-order valence-corrected chi connectivity index (χ1v) is 14.5. The maximum atomic E-state index is 5.21. The number of halogens is 2. The van der Waals surface area contributed by atoms with E-state index in [0.717, 1.165) is 49.0 Å². The van der Waals surface area contributed by atoms with Gasteiger partial charge in [-0.3, -0.25) is 0 Å². The number of para-hydroxylation sites is 1. The molecule has 0 aliphatic rings. The first-order valence-electron chi connectivity index (χ1n) is 12.9. The molecule has 2 aromatic heterocycles. The van der Waals surface area contributed by atoms with Crippen LogP contribution in [0.3, 0.4) is 0 Å². The lowest BCUT2D eigenvalue weighted by Crippen LogP contribution is -1.99. The molecule has 0 atom stereocenters. The molecule has 0 unspecified atom stereocenters. The number of hydrogen-bond acceptors (Lipinski definition) is 2. The van der Waals surface area contributed by atoms with Crippen LogP contribution >= 0.6 is 31.9 Å². The Labute approximate surface area is 233 Å². The summed E-state index contributed by atoms with van der Waals surface area (Å²) in [5, 5.41) is 2.59. The smallest absolute Gasteiger partial charge is 0.105 e. The summed E-state index contributed by atoms with van der Waals surface area (Å²) >= 11 is 7.40. The van der Waals surface area contributed by atoms with Crippen molar-refractivity contribution in [3.8, 4) is 22.5 Å². The molecule has 2 heterocycles. The molecular weight excluding hydrogens is 586 g/mol. The van der Waals surface area contributed by atoms with Crippen molar-refractivity contribution in [3.63, 3.8) is 0 Å². The molecule has 0 saturated carbocycles. The van der Waals surface area contributed by atoms with E-state index in [1.165, 1.54) is 47.5 Å². The van der Waals surface area contributed by atoms with Gasteiger partial charge in [0, 0.05) is 48.4 Å². The van der Waals surface area contributed by atoms with Gasteiger partial charge in [-0.2, -0.15) is 0 Å². The summed E-state index contributed by atoms with van der Waals surface area (Å²) in [5.41, 5.74) is 8.16. The monoisotopic (exact) mass is 611 g/mol. The zero-order valence-corrected chi connectivity index (χ0v) is 23.9. The minimum Gasteiger partial charge on any atom is -0.340 e. The molecule has 0 saturated heterocycles. The van der Waals surface area contributed by atoms with Gasteiger partial charge in [-0.1, -0.05) is 86.8 Å². The Balaban J connectivity index is 1.59. The molecule has 0 amide bonds. The van der Waals surface area contributed by atoms with Crippen molar-refractivity contribution in [2.24, 2.45) is 0 Å². The predicted octanol–water partition coefficient (Wildman–Crippen LogP) is 10.2. The van der Waals surface area contributed by atoms with E-state index in [1.807, 2.05) is 18.2 Å². The van der Waals surface area contributed by atoms with E-state index in [2.05, 4.69) is 110 Å². The predicted molar refractivity (Wildman–Crippen MR) is 163 cm³/mol. The van der Waals surface area contributed by atoms with E-state index < -0.39 is 0 Å². The van der Waals surface area contributed by atoms with E-state index in [4.69, 9.17) is 9.97 Å². The van der Waals surface area contributed by atoms with Crippen molar-refractivity contribution >= 4 is 64.7 Å². The Morgan fingerprint density at radius 3 is 2.00 bits per heavy atom. The molecule has 3 nitrogen and oxygen atoms in total. The average molecular weight is 613 g/mol. The number of unbranched alkanes of at least 4 members (excludes halogenated alkanes) is 3. The molecule has 0 aliphatic heterocycles. The molecule has 37 heavy (non-hydrogen) atoms. The zero-order valence-electron chi connectivity index (χ0n) is 20.7. The highest BCUT2D eigenvalue weighted by Gasteiger charge is 2.18. The van der Waals surface area contributed by atoms with E-state index in [-0.39, 0.29) is 0 Å². The topological polar surface area (TPSA) is 30.7 Å². The largest absolute Gasteiger partial charge is 0.340 e. The Bertz CT molecular complexity index is 1740. The molecule has 0 radical (unpaired) electrons. The van der Waals surface area contributed by atoms with Crippen LogP contribution in [0.1, 0.15) is 32.6 Å². The molecule has 0 spiro atoms. The van der Waals surface area contributed by atoms with Crippen molar-refractivity contribution in [2.75, 3.05) is 0 Å². The van der Waals surface area contributed by atoms with Crippen molar-refractivity contribution < 1.29 is 0 Å². The van der Waals surface area contributed by atoms with E-state index in [1.54, 1.807) is 0 Å². The number of rotatable bonds is 7. The maximum absolute atomic E-state index is 5.21. The van der Waals surface area contributed by atoms with Crippen molar-refractivity contribution in [1.82, 2.24) is 14.5 Å². The van der Waals surface area contributed by atoms with Crippen molar-refractivity contribution in [3.05, 3.63) is 93.9 Å². The standard InChI is InChI=1S/C32H27Br2N3/c1-2-3-4-10-19-37-27-14-9-8-13-23(27)24-16-15-22(20-28(24)37)30-29(21-11-6-5-7-12-21)35-31-25(33)17-18-26(34)32(31)36-30/h5-9,11-18,20H,2-4,10,19H2,1H3. The number of hydrogen-bond donors (Lipinski definition) is 0. The van der Waals surface area contributed by atoms with Gasteiger partial charge in [0.25, 0.3) is 0 Å². The Kier molecular flexibility index (Phi) is 6.83. The third kappa shape index (κ3) is 4.49. The quantitative estimate of drug-likeness (QED) is 0.168. The van der Waals surface area contributed by atoms with E-state index >= 15 is 0 Å². The van der Waals surface area contributed by atoms with Crippen molar-refractivity contribution in [1.29, 1.82) is 0 Å². The lowest BCUT2D eigenvalue weighted by atomic mass is 10.0. The molecule has 0 N–H and O–H groups in total. The highest BCUT2D eigenvalue weighted by Crippen LogP contribution is 2.38. The summed E-state index contributed by atoms with van der Waals surface area (Å²) in [7, 11) is 0. The number of aryl methyl sites for hydroxylation is 1. The van der Waals surface area contributed by atoms with Gasteiger partial charge < -0.3 is 4.57 Å². The Hall–Kier alpha value is -3.02.